The number of rotatable bonds is 3. The Hall–Kier alpha value is -0.890. The summed E-state index contributed by atoms with van der Waals surface area (Å²) in [6.45, 7) is 3.23. The van der Waals surface area contributed by atoms with Gasteiger partial charge in [-0.05, 0) is 13.0 Å². The van der Waals surface area contributed by atoms with Gasteiger partial charge in [0.15, 0.2) is 18.9 Å². The van der Waals surface area contributed by atoms with Crippen LogP contribution in [0.1, 0.15) is 12.0 Å². The van der Waals surface area contributed by atoms with Crippen molar-refractivity contribution in [3.05, 3.63) is 30.1 Å². The van der Waals surface area contributed by atoms with Crippen molar-refractivity contribution in [2.24, 2.45) is 0 Å². The maximum atomic E-state index is 8.58. The second-order valence-corrected chi connectivity index (χ2v) is 2.70. The van der Waals surface area contributed by atoms with Gasteiger partial charge in [-0.2, -0.15) is 0 Å². The number of aryl methyl sites for hydroxylation is 2. The van der Waals surface area contributed by atoms with Crippen molar-refractivity contribution in [1.82, 2.24) is 0 Å². The Labute approximate surface area is 67.1 Å². The van der Waals surface area contributed by atoms with Crippen LogP contribution in [-0.2, 0) is 6.54 Å². The van der Waals surface area contributed by atoms with Crippen LogP contribution in [0.15, 0.2) is 24.5 Å². The van der Waals surface area contributed by atoms with Crippen molar-refractivity contribution >= 4 is 0 Å². The molecule has 1 aromatic heterocycles. The van der Waals surface area contributed by atoms with Gasteiger partial charge in [-0.1, -0.05) is 0 Å². The summed E-state index contributed by atoms with van der Waals surface area (Å²) >= 11 is 0. The molecule has 0 spiro atoms. The molecule has 0 unspecified atom stereocenters. The van der Waals surface area contributed by atoms with E-state index in [1.165, 1.54) is 5.56 Å². The Kier molecular flexibility index (Phi) is 3.05. The molecule has 2 heteroatoms. The van der Waals surface area contributed by atoms with Gasteiger partial charge >= 0.3 is 0 Å². The fourth-order valence-electron chi connectivity index (χ4n) is 1.05. The zero-order valence-electron chi connectivity index (χ0n) is 6.83. The molecule has 0 amide bonds. The molecule has 2 nitrogen and oxygen atoms in total. The van der Waals surface area contributed by atoms with Crippen LogP contribution in [0.25, 0.3) is 0 Å². The fraction of sp³-hybridized carbons (Fsp3) is 0.444. The Morgan fingerprint density at radius 2 is 2.36 bits per heavy atom. The van der Waals surface area contributed by atoms with E-state index in [9.17, 15) is 0 Å². The first-order chi connectivity index (χ1) is 5.33. The molecule has 0 aromatic carbocycles. The lowest BCUT2D eigenvalue weighted by Crippen LogP contribution is -2.33. The number of aromatic nitrogens is 1. The van der Waals surface area contributed by atoms with Crippen LogP contribution in [0, 0.1) is 6.92 Å². The molecule has 60 valence electrons. The van der Waals surface area contributed by atoms with E-state index in [4.69, 9.17) is 5.11 Å². The van der Waals surface area contributed by atoms with Crippen LogP contribution in [0.3, 0.4) is 0 Å². The lowest BCUT2D eigenvalue weighted by atomic mass is 10.3. The number of aliphatic hydroxyl groups excluding tert-OH is 1. The van der Waals surface area contributed by atoms with Gasteiger partial charge in [-0.3, -0.25) is 0 Å². The first-order valence-corrected chi connectivity index (χ1v) is 3.89. The molecular formula is C9H14NO+. The molecule has 11 heavy (non-hydrogen) atoms. The zero-order chi connectivity index (χ0) is 8.10. The molecule has 0 fully saturated rings. The molecule has 0 radical (unpaired) electrons. The number of nitrogens with zero attached hydrogens (tertiary/aromatic N) is 1. The summed E-state index contributed by atoms with van der Waals surface area (Å²) in [5, 5.41) is 8.58. The summed E-state index contributed by atoms with van der Waals surface area (Å²) in [4.78, 5) is 0. The largest absolute Gasteiger partial charge is 0.396 e. The monoisotopic (exact) mass is 152 g/mol. The third kappa shape index (κ3) is 2.68. The average Bonchev–Trinajstić information content (AvgIpc) is 2.01. The lowest BCUT2D eigenvalue weighted by Gasteiger charge is -1.94. The number of pyridine rings is 1. The predicted molar refractivity (Wildman–Crippen MR) is 43.1 cm³/mol. The molecule has 1 heterocycles. The molecule has 0 aliphatic carbocycles. The minimum atomic E-state index is 0.265. The highest BCUT2D eigenvalue weighted by molar-refractivity contribution is 5.01. The maximum absolute atomic E-state index is 8.58. The summed E-state index contributed by atoms with van der Waals surface area (Å²) in [7, 11) is 0. The first kappa shape index (κ1) is 8.21. The van der Waals surface area contributed by atoms with Crippen LogP contribution in [0.5, 0.6) is 0 Å². The second-order valence-electron chi connectivity index (χ2n) is 2.70. The van der Waals surface area contributed by atoms with E-state index in [0.29, 0.717) is 0 Å². The van der Waals surface area contributed by atoms with E-state index in [0.717, 1.165) is 13.0 Å². The molecule has 0 saturated heterocycles. The highest BCUT2D eigenvalue weighted by atomic mass is 16.3. The van der Waals surface area contributed by atoms with Crippen molar-refractivity contribution in [3.63, 3.8) is 0 Å². The fourth-order valence-corrected chi connectivity index (χ4v) is 1.05. The van der Waals surface area contributed by atoms with Crippen LogP contribution < -0.4 is 4.57 Å². The topological polar surface area (TPSA) is 24.1 Å². The smallest absolute Gasteiger partial charge is 0.171 e. The van der Waals surface area contributed by atoms with E-state index in [-0.39, 0.29) is 6.61 Å². The van der Waals surface area contributed by atoms with Gasteiger partial charge in [0.1, 0.15) is 0 Å². The summed E-state index contributed by atoms with van der Waals surface area (Å²) in [6, 6.07) is 4.09. The predicted octanol–water partition coefficient (Wildman–Crippen LogP) is 0.665. The van der Waals surface area contributed by atoms with Gasteiger partial charge < -0.3 is 5.11 Å². The van der Waals surface area contributed by atoms with E-state index in [2.05, 4.69) is 23.8 Å². The zero-order valence-corrected chi connectivity index (χ0v) is 6.83. The number of hydrogen-bond acceptors (Lipinski definition) is 1. The second kappa shape index (κ2) is 4.09. The van der Waals surface area contributed by atoms with Crippen molar-refractivity contribution in [2.45, 2.75) is 19.9 Å². The standard InChI is InChI=1S/C9H14NO/c1-9-4-2-5-10(8-9)6-3-7-11/h2,4-5,8,11H,3,6-7H2,1H3/q+1. The Bertz CT molecular complexity index is 223. The number of aliphatic hydroxyl groups is 1. The van der Waals surface area contributed by atoms with Crippen LogP contribution in [0.2, 0.25) is 0 Å². The van der Waals surface area contributed by atoms with Gasteiger partial charge in [-0.15, -0.1) is 0 Å². The summed E-state index contributed by atoms with van der Waals surface area (Å²) < 4.78 is 2.09. The molecule has 0 atom stereocenters. The highest BCUT2D eigenvalue weighted by Gasteiger charge is 1.97. The summed E-state index contributed by atoms with van der Waals surface area (Å²) in [6.07, 6.45) is 4.92. The van der Waals surface area contributed by atoms with E-state index >= 15 is 0 Å². The minimum Gasteiger partial charge on any atom is -0.396 e. The van der Waals surface area contributed by atoms with Crippen LogP contribution in [0.4, 0.5) is 0 Å². The van der Waals surface area contributed by atoms with Crippen LogP contribution >= 0.6 is 0 Å². The SMILES string of the molecule is Cc1ccc[n+](CCCO)c1. The Morgan fingerprint density at radius 1 is 1.55 bits per heavy atom. The average molecular weight is 152 g/mol. The first-order valence-electron chi connectivity index (χ1n) is 3.89. The van der Waals surface area contributed by atoms with Gasteiger partial charge in [0, 0.05) is 24.7 Å². The van der Waals surface area contributed by atoms with Crippen LogP contribution in [-0.4, -0.2) is 11.7 Å². The van der Waals surface area contributed by atoms with E-state index in [1.807, 2.05) is 12.3 Å². The van der Waals surface area contributed by atoms with Crippen molar-refractivity contribution < 1.29 is 9.67 Å². The molecule has 0 bridgehead atoms. The van der Waals surface area contributed by atoms with Crippen molar-refractivity contribution in [2.75, 3.05) is 6.61 Å². The molecule has 1 rings (SSSR count). The highest BCUT2D eigenvalue weighted by Crippen LogP contribution is 1.89. The van der Waals surface area contributed by atoms with Gasteiger partial charge in [0.2, 0.25) is 0 Å². The van der Waals surface area contributed by atoms with Gasteiger partial charge in [0.25, 0.3) is 0 Å². The normalized spacial score (nSPS) is 10.0. The molecule has 1 aromatic rings. The molecular weight excluding hydrogens is 138 g/mol. The third-order valence-corrected chi connectivity index (χ3v) is 1.58. The Morgan fingerprint density at radius 3 is 3.00 bits per heavy atom. The minimum absolute atomic E-state index is 0.265. The quantitative estimate of drug-likeness (QED) is 0.632. The maximum Gasteiger partial charge on any atom is 0.171 e. The number of hydrogen-bond donors (Lipinski definition) is 1. The molecule has 1 N–H and O–H groups in total. The molecule has 0 saturated carbocycles. The van der Waals surface area contributed by atoms with Gasteiger partial charge in [0.05, 0.1) is 0 Å². The van der Waals surface area contributed by atoms with Gasteiger partial charge in [-0.25, -0.2) is 4.57 Å². The lowest BCUT2D eigenvalue weighted by molar-refractivity contribution is -0.697. The molecule has 0 aliphatic rings. The summed E-state index contributed by atoms with van der Waals surface area (Å²) in [5.41, 5.74) is 1.26. The van der Waals surface area contributed by atoms with E-state index in [1.54, 1.807) is 0 Å². The third-order valence-electron chi connectivity index (χ3n) is 1.58. The van der Waals surface area contributed by atoms with E-state index < -0.39 is 0 Å². The molecule has 0 aliphatic heterocycles. The Balaban J connectivity index is 2.56. The van der Waals surface area contributed by atoms with Crippen molar-refractivity contribution in [3.8, 4) is 0 Å². The summed E-state index contributed by atoms with van der Waals surface area (Å²) in [5.74, 6) is 0. The van der Waals surface area contributed by atoms with Crippen molar-refractivity contribution in [1.29, 1.82) is 0 Å².